The van der Waals surface area contributed by atoms with Gasteiger partial charge < -0.3 is 5.48 Å². The summed E-state index contributed by atoms with van der Waals surface area (Å²) in [4.78, 5) is 0. The Morgan fingerprint density at radius 2 is 1.00 bits per heavy atom. The van der Waals surface area contributed by atoms with E-state index in [2.05, 4.69) is 0 Å². The predicted octanol–water partition coefficient (Wildman–Crippen LogP) is 1.24. The second-order valence-electron chi connectivity index (χ2n) is 0.175. The van der Waals surface area contributed by atoms with Crippen LogP contribution in [0.15, 0.2) is 0 Å². The van der Waals surface area contributed by atoms with E-state index in [0.717, 1.165) is 0 Å². The van der Waals surface area contributed by atoms with Crippen LogP contribution in [0.1, 0.15) is 0 Å². The Morgan fingerprint density at radius 1 is 1.00 bits per heavy atom. The summed E-state index contributed by atoms with van der Waals surface area (Å²) in [6.45, 7) is 0. The van der Waals surface area contributed by atoms with E-state index in [9.17, 15) is 0 Å². The van der Waals surface area contributed by atoms with Crippen LogP contribution in [0.2, 0.25) is 0 Å². The molecule has 6 heteroatoms. The van der Waals surface area contributed by atoms with Crippen molar-refractivity contribution in [2.45, 2.75) is 0 Å². The molecule has 0 aromatic rings. The van der Waals surface area contributed by atoms with Crippen LogP contribution >= 0.6 is 28.3 Å². The Balaban J connectivity index is -0.0000000450. The molecule has 0 atom stereocenters. The molecule has 0 aliphatic rings. The van der Waals surface area contributed by atoms with Crippen LogP contribution in [0.5, 0.6) is 0 Å². The molecule has 0 aliphatic carbocycles. The SMILES string of the molecule is O.[Cl][W]([Cl])[Cl].[W]. The standard InChI is InChI=1S/3ClH.H2O.2W/h3*1H;1H2;;/q;;;;;+3/p-3. The molecule has 0 amide bonds. The molecule has 41 valence electrons. The second-order valence-corrected chi connectivity index (χ2v) is 12.9. The zero-order chi connectivity index (χ0) is 3.58. The molecule has 0 spiro atoms. The van der Waals surface area contributed by atoms with E-state index in [-0.39, 0.29) is 26.5 Å². The van der Waals surface area contributed by atoms with E-state index in [4.69, 9.17) is 28.3 Å². The van der Waals surface area contributed by atoms with Crippen molar-refractivity contribution >= 4 is 28.3 Å². The van der Waals surface area contributed by atoms with Gasteiger partial charge in [0.15, 0.2) is 0 Å². The van der Waals surface area contributed by atoms with Gasteiger partial charge in [0.1, 0.15) is 0 Å². The maximum absolute atomic E-state index is 5.00. The molecule has 0 saturated heterocycles. The minimum Gasteiger partial charge on any atom is 0 e. The molecule has 0 heterocycles. The molecule has 6 heavy (non-hydrogen) atoms. The monoisotopic (exact) mass is 491 g/mol. The first-order valence-corrected chi connectivity index (χ1v) is 11.4. The largest absolute Gasteiger partial charge is 0 e. The third-order valence-electron chi connectivity index (χ3n) is 0. The molecule has 0 unspecified atom stereocenters. The summed E-state index contributed by atoms with van der Waals surface area (Å²) in [5.41, 5.74) is 0. The van der Waals surface area contributed by atoms with Crippen molar-refractivity contribution < 1.29 is 40.7 Å². The zero-order valence-electron chi connectivity index (χ0n) is 2.45. The number of halogens is 3. The van der Waals surface area contributed by atoms with Crippen LogP contribution in [0.4, 0.5) is 0 Å². The van der Waals surface area contributed by atoms with Crippen molar-refractivity contribution in [3.8, 4) is 0 Å². The fourth-order valence-electron chi connectivity index (χ4n) is 0. The van der Waals surface area contributed by atoms with Crippen molar-refractivity contribution in [2.75, 3.05) is 0 Å². The molecule has 0 bridgehead atoms. The van der Waals surface area contributed by atoms with E-state index < -0.39 is 14.2 Å². The van der Waals surface area contributed by atoms with Crippen molar-refractivity contribution in [2.24, 2.45) is 0 Å². The maximum Gasteiger partial charge on any atom is 0 e. The number of hydrogen-bond acceptors (Lipinski definition) is 0. The Labute approximate surface area is 68.2 Å². The zero-order valence-corrected chi connectivity index (χ0v) is 10.6. The summed E-state index contributed by atoms with van der Waals surface area (Å²) >= 11 is -2.11. The fraction of sp³-hybridized carbons (Fsp3) is 0. The van der Waals surface area contributed by atoms with Gasteiger partial charge in [-0.05, 0) is 0 Å². The molecule has 0 saturated carbocycles. The molecule has 0 radical (unpaired) electrons. The van der Waals surface area contributed by atoms with E-state index in [1.165, 1.54) is 0 Å². The van der Waals surface area contributed by atoms with Gasteiger partial charge in [-0.15, -0.1) is 0 Å². The molecule has 0 fully saturated rings. The van der Waals surface area contributed by atoms with Crippen LogP contribution in [0.25, 0.3) is 0 Å². The summed E-state index contributed by atoms with van der Waals surface area (Å²) in [5, 5.41) is 0. The van der Waals surface area contributed by atoms with Crippen LogP contribution < -0.4 is 0 Å². The predicted molar refractivity (Wildman–Crippen MR) is 21.2 cm³/mol. The third-order valence-corrected chi connectivity index (χ3v) is 0. The Hall–Kier alpha value is 2.21. The first-order valence-electron chi connectivity index (χ1n) is 0.463. The smallest absolute Gasteiger partial charge is 0 e. The van der Waals surface area contributed by atoms with E-state index in [1.54, 1.807) is 0 Å². The molecule has 0 aromatic carbocycles. The summed E-state index contributed by atoms with van der Waals surface area (Å²) in [7, 11) is 15.0. The molecular weight excluding hydrogens is 490 g/mol. The Bertz CT molecular complexity index is 13.5. The summed E-state index contributed by atoms with van der Waals surface area (Å²) in [6, 6.07) is 0. The van der Waals surface area contributed by atoms with Crippen LogP contribution in [-0.4, -0.2) is 5.48 Å². The Kier molecular flexibility index (Phi) is 26.8. The topological polar surface area (TPSA) is 31.5 Å². The van der Waals surface area contributed by atoms with Gasteiger partial charge in [0.05, 0.1) is 0 Å². The quantitative estimate of drug-likeness (QED) is 0.488. The van der Waals surface area contributed by atoms with Crippen LogP contribution in [0, 0.1) is 0 Å². The van der Waals surface area contributed by atoms with Gasteiger partial charge >= 0.3 is 42.4 Å². The van der Waals surface area contributed by atoms with Gasteiger partial charge in [0.2, 0.25) is 0 Å². The van der Waals surface area contributed by atoms with Crippen LogP contribution in [-0.2, 0) is 35.3 Å². The van der Waals surface area contributed by atoms with Gasteiger partial charge in [-0.25, -0.2) is 0 Å². The fourth-order valence-corrected chi connectivity index (χ4v) is 0. The molecule has 0 aromatic heterocycles. The van der Waals surface area contributed by atoms with Crippen molar-refractivity contribution in [1.29, 1.82) is 0 Å². The maximum atomic E-state index is 5.00. The normalized spacial score (nSPS) is 6.00. The van der Waals surface area contributed by atoms with Crippen LogP contribution in [0.3, 0.4) is 0 Å². The Morgan fingerprint density at radius 3 is 1.00 bits per heavy atom. The van der Waals surface area contributed by atoms with E-state index >= 15 is 0 Å². The average molecular weight is 492 g/mol. The average Bonchev–Trinajstić information content (AvgIpc) is 0.811. The van der Waals surface area contributed by atoms with E-state index in [1.807, 2.05) is 0 Å². The molecule has 0 aliphatic heterocycles. The second kappa shape index (κ2) is 10.2. The van der Waals surface area contributed by atoms with Gasteiger partial charge in [-0.2, -0.15) is 0 Å². The summed E-state index contributed by atoms with van der Waals surface area (Å²) < 4.78 is 0. The summed E-state index contributed by atoms with van der Waals surface area (Å²) in [5.74, 6) is 0. The first kappa shape index (κ1) is 15.7. The summed E-state index contributed by atoms with van der Waals surface area (Å²) in [6.07, 6.45) is 0. The van der Waals surface area contributed by atoms with Gasteiger partial charge in [-0.3, -0.25) is 0 Å². The third kappa shape index (κ3) is 34.6. The number of hydrogen-bond donors (Lipinski definition) is 0. The van der Waals surface area contributed by atoms with Crippen molar-refractivity contribution in [3.05, 3.63) is 0 Å². The van der Waals surface area contributed by atoms with Crippen molar-refractivity contribution in [1.82, 2.24) is 0 Å². The van der Waals surface area contributed by atoms with Crippen molar-refractivity contribution in [3.63, 3.8) is 0 Å². The first-order chi connectivity index (χ1) is 1.73. The molecule has 2 N–H and O–H groups in total. The van der Waals surface area contributed by atoms with Gasteiger partial charge in [0, 0.05) is 21.1 Å². The molecule has 1 nitrogen and oxygen atoms in total. The van der Waals surface area contributed by atoms with Gasteiger partial charge in [-0.1, -0.05) is 0 Å². The molecular formula is H2Cl3OW2. The number of rotatable bonds is 0. The molecule has 0 rings (SSSR count). The van der Waals surface area contributed by atoms with E-state index in [0.29, 0.717) is 0 Å². The van der Waals surface area contributed by atoms with Gasteiger partial charge in [0.25, 0.3) is 0 Å². The minimum atomic E-state index is -2.11. The minimum absolute atomic E-state index is 0.